The smallest absolute Gasteiger partial charge is 0.159 e. The third-order valence-corrected chi connectivity index (χ3v) is 4.12. The second kappa shape index (κ2) is 10.7. The standard InChI is InChI=1S/C26H27FN4O2/c1-5-33-25-14-24-22(13-18(25)12-21(32)7-6-10-31(3)4)26(19(15-28)16-29-24)30-20-8-9-23(27)17(2)11-20/h6-9,11,13-14,16H,5,10,12H2,1-4H3,(H,29,30)/b7-6+/i1D3,5D2,6D,8D,9D,10D2,11D,13D,14D,16D. The number of carbonyl (C=O) groups excluding carboxylic acids is 1. The van der Waals surface area contributed by atoms with E-state index in [1.165, 1.54) is 14.1 Å². The van der Waals surface area contributed by atoms with Crippen LogP contribution in [0.3, 0.4) is 0 Å². The number of halogens is 1. The Morgan fingerprint density at radius 3 is 3.00 bits per heavy atom. The van der Waals surface area contributed by atoms with Crippen molar-refractivity contribution in [3.8, 4) is 11.8 Å². The van der Waals surface area contributed by atoms with Crippen molar-refractivity contribution < 1.29 is 33.1 Å². The number of nitrogens with one attached hydrogen (secondary N) is 1. The number of ether oxygens (including phenoxy) is 1. The number of rotatable bonds is 9. The van der Waals surface area contributed by atoms with Crippen molar-refractivity contribution in [2.24, 2.45) is 0 Å². The van der Waals surface area contributed by atoms with Gasteiger partial charge in [-0.2, -0.15) is 5.26 Å². The van der Waals surface area contributed by atoms with Crippen LogP contribution in [0.5, 0.6) is 5.75 Å². The lowest BCUT2D eigenvalue weighted by Crippen LogP contribution is -2.11. The van der Waals surface area contributed by atoms with Crippen molar-refractivity contribution in [1.82, 2.24) is 9.88 Å². The molecule has 1 aromatic heterocycles. The first-order valence-corrected chi connectivity index (χ1v) is 9.37. The van der Waals surface area contributed by atoms with Gasteiger partial charge in [0.25, 0.3) is 0 Å². The summed E-state index contributed by atoms with van der Waals surface area (Å²) < 4.78 is 133. The summed E-state index contributed by atoms with van der Waals surface area (Å²) in [4.78, 5) is 18.0. The number of hydrogen-bond donors (Lipinski definition) is 1. The molecule has 0 spiro atoms. The molecule has 0 radical (unpaired) electrons. The molecule has 0 saturated heterocycles. The minimum absolute atomic E-state index is 0.354. The fourth-order valence-corrected chi connectivity index (χ4v) is 2.68. The molecule has 33 heavy (non-hydrogen) atoms. The predicted octanol–water partition coefficient (Wildman–Crippen LogP) is 4.93. The van der Waals surface area contributed by atoms with Gasteiger partial charge in [0.15, 0.2) is 5.78 Å². The van der Waals surface area contributed by atoms with Gasteiger partial charge in [0.05, 0.1) is 35.7 Å². The molecule has 0 atom stereocenters. The molecule has 0 aliphatic rings. The summed E-state index contributed by atoms with van der Waals surface area (Å²) >= 11 is 0. The number of nitriles is 1. The Bertz CT molecular complexity index is 1840. The highest BCUT2D eigenvalue weighted by Gasteiger charge is 2.16. The lowest BCUT2D eigenvalue weighted by atomic mass is 10.0. The van der Waals surface area contributed by atoms with Crippen LogP contribution in [0.25, 0.3) is 10.9 Å². The summed E-state index contributed by atoms with van der Waals surface area (Å²) in [7, 11) is 2.61. The highest BCUT2D eigenvalue weighted by molar-refractivity contribution is 5.98. The first-order chi connectivity index (χ1) is 21.4. The Kier molecular flexibility index (Phi) is 3.70. The van der Waals surface area contributed by atoms with Crippen LogP contribution >= 0.6 is 0 Å². The van der Waals surface area contributed by atoms with Crippen LogP contribution in [0.1, 0.15) is 42.7 Å². The molecule has 0 fully saturated rings. The van der Waals surface area contributed by atoms with E-state index in [9.17, 15) is 14.4 Å². The highest BCUT2D eigenvalue weighted by Crippen LogP contribution is 2.34. The molecular formula is C26H27FN4O2. The molecule has 1 N–H and O–H groups in total. The van der Waals surface area contributed by atoms with Crippen LogP contribution in [-0.4, -0.2) is 42.8 Å². The molecule has 0 saturated carbocycles. The number of likely N-dealkylation sites (N-methyl/N-ethyl adjacent to an activating group) is 1. The molecule has 170 valence electrons. The molecule has 2 aromatic carbocycles. The number of aromatic nitrogens is 1. The van der Waals surface area contributed by atoms with Crippen LogP contribution in [0.2, 0.25) is 0 Å². The Morgan fingerprint density at radius 1 is 1.45 bits per heavy atom. The van der Waals surface area contributed by atoms with Crippen molar-refractivity contribution in [3.05, 3.63) is 71.0 Å². The number of fused-ring (bicyclic) bond motifs is 1. The van der Waals surface area contributed by atoms with Crippen LogP contribution in [-0.2, 0) is 11.2 Å². The minimum atomic E-state index is -3.51. The van der Waals surface area contributed by atoms with Crippen LogP contribution in [0, 0.1) is 24.1 Å². The van der Waals surface area contributed by atoms with Gasteiger partial charge in [-0.25, -0.2) is 4.39 Å². The Morgan fingerprint density at radius 2 is 2.27 bits per heavy atom. The topological polar surface area (TPSA) is 78.2 Å². The monoisotopic (exact) mass is 460 g/mol. The van der Waals surface area contributed by atoms with E-state index >= 15 is 0 Å². The third-order valence-electron chi connectivity index (χ3n) is 4.12. The minimum Gasteiger partial charge on any atom is -0.494 e. The van der Waals surface area contributed by atoms with Crippen molar-refractivity contribution in [2.75, 3.05) is 32.5 Å². The Labute approximate surface area is 213 Å². The fourth-order valence-electron chi connectivity index (χ4n) is 2.68. The average Bonchev–Trinajstić information content (AvgIpc) is 2.96. The van der Waals surface area contributed by atoms with Crippen molar-refractivity contribution in [3.63, 3.8) is 0 Å². The number of carbonyl (C=O) groups is 1. The second-order valence-electron chi connectivity index (χ2n) is 6.82. The van der Waals surface area contributed by atoms with Crippen molar-refractivity contribution in [2.45, 2.75) is 20.2 Å². The molecule has 0 bridgehead atoms. The summed E-state index contributed by atoms with van der Waals surface area (Å²) in [6.07, 6.45) is -1.22. The van der Waals surface area contributed by atoms with E-state index in [0.717, 1.165) is 11.8 Å². The van der Waals surface area contributed by atoms with Gasteiger partial charge in [0.2, 0.25) is 0 Å². The zero-order valence-corrected chi connectivity index (χ0v) is 17.8. The normalized spacial score (nSPS) is 18.8. The molecule has 0 aliphatic carbocycles. The van der Waals surface area contributed by atoms with E-state index in [4.69, 9.17) is 23.9 Å². The summed E-state index contributed by atoms with van der Waals surface area (Å²) in [6.45, 7) is -8.24. The second-order valence-corrected chi connectivity index (χ2v) is 6.82. The third kappa shape index (κ3) is 5.93. The van der Waals surface area contributed by atoms with E-state index in [-0.39, 0.29) is 5.56 Å². The van der Waals surface area contributed by atoms with E-state index in [0.29, 0.717) is 6.08 Å². The number of benzene rings is 2. The summed E-state index contributed by atoms with van der Waals surface area (Å²) in [5, 5.41) is 11.9. The largest absolute Gasteiger partial charge is 0.494 e. The molecule has 0 unspecified atom stereocenters. The maximum Gasteiger partial charge on any atom is 0.159 e. The number of nitrogens with zero attached hydrogens (tertiary/aromatic N) is 3. The van der Waals surface area contributed by atoms with Crippen LogP contribution < -0.4 is 10.1 Å². The summed E-state index contributed by atoms with van der Waals surface area (Å²) in [6, 6.07) is -3.25. The molecule has 1 heterocycles. The van der Waals surface area contributed by atoms with E-state index in [1.807, 2.05) is 0 Å². The quantitative estimate of drug-likeness (QED) is 0.457. The lowest BCUT2D eigenvalue weighted by Gasteiger charge is -2.15. The molecule has 7 heteroatoms. The molecule has 0 aliphatic heterocycles. The van der Waals surface area contributed by atoms with Gasteiger partial charge >= 0.3 is 0 Å². The van der Waals surface area contributed by atoms with E-state index in [2.05, 4.69) is 10.3 Å². The van der Waals surface area contributed by atoms with Gasteiger partial charge in [-0.05, 0) is 63.7 Å². The maximum atomic E-state index is 14.4. The molecule has 3 aromatic rings. The lowest BCUT2D eigenvalue weighted by molar-refractivity contribution is -0.114. The van der Waals surface area contributed by atoms with Gasteiger partial charge in [-0.15, -0.1) is 0 Å². The number of pyridine rings is 1. The molecule has 6 nitrogen and oxygen atoms in total. The highest BCUT2D eigenvalue weighted by atomic mass is 19.1. The van der Waals surface area contributed by atoms with Gasteiger partial charge in [0, 0.05) is 48.6 Å². The number of hydrogen-bond acceptors (Lipinski definition) is 6. The number of anilines is 2. The van der Waals surface area contributed by atoms with Gasteiger partial charge < -0.3 is 15.0 Å². The van der Waals surface area contributed by atoms with Crippen LogP contribution in [0.15, 0.2) is 48.5 Å². The zero-order chi connectivity index (χ0) is 36.1. The predicted molar refractivity (Wildman–Crippen MR) is 128 cm³/mol. The molecule has 0 amide bonds. The van der Waals surface area contributed by atoms with Gasteiger partial charge in [-0.3, -0.25) is 9.78 Å². The summed E-state index contributed by atoms with van der Waals surface area (Å²) in [5.74, 6) is -3.17. The fraction of sp³-hybridized carbons (Fsp3) is 0.269. The van der Waals surface area contributed by atoms with Gasteiger partial charge in [-0.1, -0.05) is 6.05 Å². The summed E-state index contributed by atoms with van der Waals surface area (Å²) in [5.41, 5.74) is -3.27. The Balaban J connectivity index is 2.48. The number of ketones is 1. The first-order valence-electron chi connectivity index (χ1n) is 16.4. The Hall–Kier alpha value is -3.76. The van der Waals surface area contributed by atoms with Gasteiger partial charge in [0.1, 0.15) is 17.6 Å². The maximum absolute atomic E-state index is 14.4. The number of allylic oxidation sites excluding steroid dienone is 1. The average molecular weight is 461 g/mol. The zero-order valence-electron chi connectivity index (χ0n) is 31.8. The molecular weight excluding hydrogens is 419 g/mol. The first kappa shape index (κ1) is 11.4. The van der Waals surface area contributed by atoms with Crippen molar-refractivity contribution >= 4 is 28.1 Å². The van der Waals surface area contributed by atoms with E-state index < -0.39 is 120 Å². The SMILES string of the molecule is [2H]/C(=C\C(=O)Cc1c(OC([2H])([2H])C([2H])([2H])[2H])c([2H])c2nc([2H])c(C#N)c(Nc3c([2H])c([2H])c(F)c(C)c3[2H])c2c1[2H])C([2H])([2H])N(C)C. The van der Waals surface area contributed by atoms with Crippen molar-refractivity contribution in [1.29, 1.82) is 5.26 Å². The van der Waals surface area contributed by atoms with Crippen LogP contribution in [0.4, 0.5) is 15.8 Å². The molecule has 3 rings (SSSR count). The van der Waals surface area contributed by atoms with E-state index in [1.54, 1.807) is 6.07 Å².